The van der Waals surface area contributed by atoms with Gasteiger partial charge in [-0.3, -0.25) is 0 Å². The van der Waals surface area contributed by atoms with E-state index in [0.717, 1.165) is 17.1 Å². The van der Waals surface area contributed by atoms with Crippen LogP contribution in [-0.4, -0.2) is 0 Å². The van der Waals surface area contributed by atoms with E-state index in [1.54, 1.807) is 0 Å². The van der Waals surface area contributed by atoms with Gasteiger partial charge in [0, 0.05) is 11.6 Å². The minimum atomic E-state index is 0.0446. The predicted molar refractivity (Wildman–Crippen MR) is 89.0 cm³/mol. The van der Waals surface area contributed by atoms with Crippen molar-refractivity contribution in [2.24, 2.45) is 5.73 Å². The first kappa shape index (κ1) is 15.6. The molecule has 0 radical (unpaired) electrons. The summed E-state index contributed by atoms with van der Waals surface area (Å²) >= 11 is 0. The third-order valence-electron chi connectivity index (χ3n) is 3.58. The third kappa shape index (κ3) is 3.85. The van der Waals surface area contributed by atoms with Gasteiger partial charge in [0.1, 0.15) is 11.5 Å². The number of benzene rings is 2. The zero-order chi connectivity index (χ0) is 15.6. The van der Waals surface area contributed by atoms with Crippen molar-refractivity contribution in [3.8, 4) is 11.5 Å². The van der Waals surface area contributed by atoms with E-state index in [2.05, 4.69) is 45.9 Å². The lowest BCUT2D eigenvalue weighted by Crippen LogP contribution is -2.12. The van der Waals surface area contributed by atoms with Crippen LogP contribution in [0.1, 0.15) is 50.4 Å². The van der Waals surface area contributed by atoms with E-state index in [1.807, 2.05) is 31.2 Å². The van der Waals surface area contributed by atoms with Gasteiger partial charge in [0.25, 0.3) is 0 Å². The van der Waals surface area contributed by atoms with Crippen LogP contribution in [0.4, 0.5) is 0 Å². The Balaban J connectivity index is 2.32. The predicted octanol–water partition coefficient (Wildman–Crippen LogP) is 5.10. The summed E-state index contributed by atoms with van der Waals surface area (Å²) in [5, 5.41) is 0. The van der Waals surface area contributed by atoms with Gasteiger partial charge in [-0.05, 0) is 48.6 Å². The molecule has 0 spiro atoms. The average molecular weight is 283 g/mol. The van der Waals surface area contributed by atoms with E-state index in [4.69, 9.17) is 10.5 Å². The van der Waals surface area contributed by atoms with Gasteiger partial charge in [0.05, 0.1) is 0 Å². The first-order valence-electron chi connectivity index (χ1n) is 7.42. The molecule has 2 aromatic carbocycles. The Labute approximate surface area is 127 Å². The highest BCUT2D eigenvalue weighted by Crippen LogP contribution is 2.35. The molecule has 2 heteroatoms. The Bertz CT molecular complexity index is 606. The Hall–Kier alpha value is -1.80. The van der Waals surface area contributed by atoms with Crippen LogP contribution < -0.4 is 10.5 Å². The molecular weight excluding hydrogens is 258 g/mol. The van der Waals surface area contributed by atoms with Crippen molar-refractivity contribution in [3.63, 3.8) is 0 Å². The van der Waals surface area contributed by atoms with E-state index in [0.29, 0.717) is 0 Å². The van der Waals surface area contributed by atoms with Crippen molar-refractivity contribution in [2.75, 3.05) is 0 Å². The molecule has 112 valence electrons. The molecule has 21 heavy (non-hydrogen) atoms. The summed E-state index contributed by atoms with van der Waals surface area (Å²) in [5.41, 5.74) is 9.45. The van der Waals surface area contributed by atoms with Crippen molar-refractivity contribution in [2.45, 2.75) is 46.1 Å². The van der Waals surface area contributed by atoms with Crippen molar-refractivity contribution < 1.29 is 4.74 Å². The van der Waals surface area contributed by atoms with Crippen molar-refractivity contribution in [3.05, 3.63) is 59.2 Å². The molecule has 0 amide bonds. The fourth-order valence-corrected chi connectivity index (χ4v) is 2.30. The van der Waals surface area contributed by atoms with Gasteiger partial charge in [0.2, 0.25) is 0 Å². The third-order valence-corrected chi connectivity index (χ3v) is 3.58. The van der Waals surface area contributed by atoms with Crippen LogP contribution in [0.5, 0.6) is 11.5 Å². The molecule has 0 bridgehead atoms. The second-order valence-electron chi connectivity index (χ2n) is 6.71. The molecular formula is C19H25NO. The number of nitrogens with two attached hydrogens (primary N) is 1. The number of aryl methyl sites for hydroxylation is 1. The molecule has 0 aliphatic heterocycles. The van der Waals surface area contributed by atoms with Gasteiger partial charge >= 0.3 is 0 Å². The maximum Gasteiger partial charge on any atom is 0.131 e. The summed E-state index contributed by atoms with van der Waals surface area (Å²) in [5.74, 6) is 1.77. The standard InChI is InChI=1S/C19H25NO/c1-13-6-11-17(19(3,4)5)18(12-13)21-16-9-7-15(8-10-16)14(2)20/h6-12,14H,20H2,1-5H3. The molecule has 0 fully saturated rings. The summed E-state index contributed by atoms with van der Waals surface area (Å²) in [7, 11) is 0. The number of hydrogen-bond acceptors (Lipinski definition) is 2. The van der Waals surface area contributed by atoms with E-state index < -0.39 is 0 Å². The minimum Gasteiger partial charge on any atom is -0.457 e. The topological polar surface area (TPSA) is 35.2 Å². The number of rotatable bonds is 3. The number of hydrogen-bond donors (Lipinski definition) is 1. The van der Waals surface area contributed by atoms with Gasteiger partial charge in [-0.15, -0.1) is 0 Å². The zero-order valence-electron chi connectivity index (χ0n) is 13.6. The van der Waals surface area contributed by atoms with Crippen LogP contribution in [0.3, 0.4) is 0 Å². The molecule has 0 saturated carbocycles. The molecule has 0 aliphatic carbocycles. The lowest BCUT2D eigenvalue weighted by molar-refractivity contribution is 0.454. The van der Waals surface area contributed by atoms with Crippen LogP contribution in [-0.2, 0) is 5.41 Å². The first-order valence-corrected chi connectivity index (χ1v) is 7.42. The molecule has 1 unspecified atom stereocenters. The lowest BCUT2D eigenvalue weighted by Gasteiger charge is -2.23. The highest BCUT2D eigenvalue weighted by molar-refractivity contribution is 5.44. The van der Waals surface area contributed by atoms with E-state index in [1.165, 1.54) is 11.1 Å². The van der Waals surface area contributed by atoms with Gasteiger partial charge in [-0.1, -0.05) is 45.0 Å². The molecule has 2 nitrogen and oxygen atoms in total. The Morgan fingerprint density at radius 2 is 1.62 bits per heavy atom. The van der Waals surface area contributed by atoms with Crippen molar-refractivity contribution >= 4 is 0 Å². The molecule has 0 heterocycles. The monoisotopic (exact) mass is 283 g/mol. The van der Waals surface area contributed by atoms with Crippen LogP contribution >= 0.6 is 0 Å². The van der Waals surface area contributed by atoms with E-state index in [-0.39, 0.29) is 11.5 Å². The smallest absolute Gasteiger partial charge is 0.131 e. The fourth-order valence-electron chi connectivity index (χ4n) is 2.30. The summed E-state index contributed by atoms with van der Waals surface area (Å²) in [4.78, 5) is 0. The highest BCUT2D eigenvalue weighted by Gasteiger charge is 2.19. The molecule has 0 aromatic heterocycles. The first-order chi connectivity index (χ1) is 9.77. The second-order valence-corrected chi connectivity index (χ2v) is 6.71. The molecule has 2 aromatic rings. The Morgan fingerprint density at radius 3 is 2.14 bits per heavy atom. The van der Waals surface area contributed by atoms with Gasteiger partial charge in [-0.25, -0.2) is 0 Å². The summed E-state index contributed by atoms with van der Waals surface area (Å²) in [6.45, 7) is 10.7. The largest absolute Gasteiger partial charge is 0.457 e. The number of ether oxygens (including phenoxy) is 1. The van der Waals surface area contributed by atoms with Gasteiger partial charge in [-0.2, -0.15) is 0 Å². The Kier molecular flexibility index (Phi) is 4.38. The zero-order valence-corrected chi connectivity index (χ0v) is 13.6. The summed E-state index contributed by atoms with van der Waals surface area (Å²) in [6.07, 6.45) is 0. The SMILES string of the molecule is Cc1ccc(C(C)(C)C)c(Oc2ccc(C(C)N)cc2)c1. The maximum atomic E-state index is 6.11. The fraction of sp³-hybridized carbons (Fsp3) is 0.368. The molecule has 2 rings (SSSR count). The van der Waals surface area contributed by atoms with E-state index >= 15 is 0 Å². The molecule has 2 N–H and O–H groups in total. The van der Waals surface area contributed by atoms with Crippen LogP contribution in [0.2, 0.25) is 0 Å². The Morgan fingerprint density at radius 1 is 1.00 bits per heavy atom. The second kappa shape index (κ2) is 5.90. The minimum absolute atomic E-state index is 0.0446. The average Bonchev–Trinajstić information content (AvgIpc) is 2.38. The van der Waals surface area contributed by atoms with Gasteiger partial charge < -0.3 is 10.5 Å². The molecule has 0 saturated heterocycles. The maximum absolute atomic E-state index is 6.11. The van der Waals surface area contributed by atoms with Crippen molar-refractivity contribution in [1.82, 2.24) is 0 Å². The quantitative estimate of drug-likeness (QED) is 0.850. The summed E-state index contributed by atoms with van der Waals surface area (Å²) in [6, 6.07) is 14.4. The summed E-state index contributed by atoms with van der Waals surface area (Å²) < 4.78 is 6.11. The van der Waals surface area contributed by atoms with Crippen LogP contribution in [0, 0.1) is 6.92 Å². The normalized spacial score (nSPS) is 13.0. The van der Waals surface area contributed by atoms with Crippen LogP contribution in [0.15, 0.2) is 42.5 Å². The van der Waals surface area contributed by atoms with Crippen molar-refractivity contribution in [1.29, 1.82) is 0 Å². The molecule has 0 aliphatic rings. The van der Waals surface area contributed by atoms with E-state index in [9.17, 15) is 0 Å². The lowest BCUT2D eigenvalue weighted by atomic mass is 9.86. The van der Waals surface area contributed by atoms with Crippen LogP contribution in [0.25, 0.3) is 0 Å². The highest BCUT2D eigenvalue weighted by atomic mass is 16.5. The van der Waals surface area contributed by atoms with Gasteiger partial charge in [0.15, 0.2) is 0 Å². The molecule has 1 atom stereocenters.